The van der Waals surface area contributed by atoms with E-state index in [4.69, 9.17) is 15.2 Å². The topological polar surface area (TPSA) is 125 Å². The van der Waals surface area contributed by atoms with E-state index in [1.807, 2.05) is 12.1 Å². The Bertz CT molecular complexity index is 1200. The van der Waals surface area contributed by atoms with Crippen LogP contribution in [0.2, 0.25) is 0 Å². The molecule has 0 bridgehead atoms. The highest BCUT2D eigenvalue weighted by atomic mass is 16.6. The number of hydrogen-bond acceptors (Lipinski definition) is 8. The molecule has 9 nitrogen and oxygen atoms in total. The predicted octanol–water partition coefficient (Wildman–Crippen LogP) is 3.95. The number of nitrogens with zero attached hydrogens (tertiary/aromatic N) is 2. The van der Waals surface area contributed by atoms with Gasteiger partial charge < -0.3 is 15.2 Å². The van der Waals surface area contributed by atoms with Crippen LogP contribution in [0.3, 0.4) is 0 Å². The minimum Gasteiger partial charge on any atom is -0.497 e. The third-order valence-corrected chi connectivity index (χ3v) is 6.06. The Hall–Kier alpha value is -4.14. The number of hydrogen-bond donors (Lipinski definition) is 1. The highest BCUT2D eigenvalue weighted by Crippen LogP contribution is 2.47. The largest absolute Gasteiger partial charge is 0.497 e. The number of methoxy groups -OCH3 is 1. The molecule has 0 spiro atoms. The lowest BCUT2D eigenvalue weighted by Crippen LogP contribution is -2.41. The summed E-state index contributed by atoms with van der Waals surface area (Å²) in [4.78, 5) is 38.8. The molecule has 0 saturated heterocycles. The fraction of sp³-hybridized carbons (Fsp3) is 0.280. The maximum absolute atomic E-state index is 13.3. The molecule has 2 N–H and O–H groups in total. The van der Waals surface area contributed by atoms with Gasteiger partial charge in [-0.3, -0.25) is 19.8 Å². The number of anilines is 1. The van der Waals surface area contributed by atoms with E-state index in [1.165, 1.54) is 12.1 Å². The second-order valence-electron chi connectivity index (χ2n) is 7.97. The molecule has 1 aliphatic carbocycles. The second kappa shape index (κ2) is 9.38. The van der Waals surface area contributed by atoms with Crippen LogP contribution in [0.25, 0.3) is 0 Å². The zero-order chi connectivity index (χ0) is 24.4. The molecule has 176 valence electrons. The van der Waals surface area contributed by atoms with E-state index in [-0.39, 0.29) is 29.5 Å². The van der Waals surface area contributed by atoms with Gasteiger partial charge >= 0.3 is 5.97 Å². The fourth-order valence-electron chi connectivity index (χ4n) is 4.54. The monoisotopic (exact) mass is 463 g/mol. The highest BCUT2D eigenvalue weighted by Gasteiger charge is 2.43. The number of non-ortho nitro benzene ring substituents is 1. The maximum Gasteiger partial charge on any atom is 0.338 e. The summed E-state index contributed by atoms with van der Waals surface area (Å²) < 4.78 is 10.6. The molecular weight excluding hydrogens is 438 g/mol. The van der Waals surface area contributed by atoms with Crippen LogP contribution >= 0.6 is 0 Å². The molecule has 34 heavy (non-hydrogen) atoms. The van der Waals surface area contributed by atoms with Crippen LogP contribution in [0.15, 0.2) is 71.2 Å². The molecule has 1 unspecified atom stereocenters. The van der Waals surface area contributed by atoms with Crippen LogP contribution in [0.4, 0.5) is 11.4 Å². The van der Waals surface area contributed by atoms with Crippen LogP contribution in [-0.2, 0) is 14.3 Å². The van der Waals surface area contributed by atoms with Crippen molar-refractivity contribution in [3.63, 3.8) is 0 Å². The molecule has 2 aromatic rings. The van der Waals surface area contributed by atoms with E-state index in [9.17, 15) is 19.7 Å². The van der Waals surface area contributed by atoms with Crippen LogP contribution in [0.5, 0.6) is 5.75 Å². The number of nitrogens with two attached hydrogens (primary N) is 1. The van der Waals surface area contributed by atoms with Gasteiger partial charge in [-0.1, -0.05) is 12.1 Å². The summed E-state index contributed by atoms with van der Waals surface area (Å²) in [6.07, 6.45) is 1.58. The summed E-state index contributed by atoms with van der Waals surface area (Å²) in [5.74, 6) is -0.673. The Morgan fingerprint density at radius 3 is 2.41 bits per heavy atom. The van der Waals surface area contributed by atoms with Gasteiger partial charge in [-0.05, 0) is 49.6 Å². The van der Waals surface area contributed by atoms with Gasteiger partial charge in [-0.2, -0.15) is 0 Å². The first kappa shape index (κ1) is 23.0. The number of nitro groups is 1. The molecule has 9 heteroatoms. The van der Waals surface area contributed by atoms with Crippen LogP contribution in [0.1, 0.15) is 37.7 Å². The van der Waals surface area contributed by atoms with Crippen molar-refractivity contribution in [2.45, 2.75) is 32.1 Å². The number of ether oxygens (including phenoxy) is 2. The molecule has 1 atom stereocenters. The third-order valence-electron chi connectivity index (χ3n) is 6.06. The van der Waals surface area contributed by atoms with E-state index in [0.717, 1.165) is 5.70 Å². The lowest BCUT2D eigenvalue weighted by Gasteiger charge is -2.40. The average Bonchev–Trinajstić information content (AvgIpc) is 2.84. The van der Waals surface area contributed by atoms with Gasteiger partial charge in [-0.15, -0.1) is 0 Å². The second-order valence-corrected chi connectivity index (χ2v) is 7.97. The Balaban J connectivity index is 1.94. The number of rotatable bonds is 6. The Kier molecular flexibility index (Phi) is 6.36. The predicted molar refractivity (Wildman–Crippen MR) is 125 cm³/mol. The molecule has 4 rings (SSSR count). The van der Waals surface area contributed by atoms with Crippen molar-refractivity contribution < 1.29 is 24.0 Å². The lowest BCUT2D eigenvalue weighted by molar-refractivity contribution is -0.384. The first-order chi connectivity index (χ1) is 16.4. The number of ketones is 1. The van der Waals surface area contributed by atoms with Crippen LogP contribution in [-0.4, -0.2) is 30.4 Å². The van der Waals surface area contributed by atoms with Crippen molar-refractivity contribution >= 4 is 23.1 Å². The van der Waals surface area contributed by atoms with Crippen molar-refractivity contribution in [2.24, 2.45) is 5.73 Å². The van der Waals surface area contributed by atoms with Crippen LogP contribution < -0.4 is 15.4 Å². The summed E-state index contributed by atoms with van der Waals surface area (Å²) in [6, 6.07) is 13.0. The van der Waals surface area contributed by atoms with E-state index in [2.05, 4.69) is 0 Å². The number of nitro benzene ring substituents is 1. The molecule has 0 fully saturated rings. The standard InChI is InChI=1S/C25H25N3O6/c1-3-34-25(30)23-21(15-7-9-17(10-8-15)28(31)32)22-19(5-4-6-20(22)29)27(24(23)26)16-11-13-18(33-2)14-12-16/h7-14,21H,3-6,26H2,1-2H3. The summed E-state index contributed by atoms with van der Waals surface area (Å²) in [7, 11) is 1.57. The number of carbonyl (C=O) groups is 2. The first-order valence-corrected chi connectivity index (χ1v) is 11.0. The SMILES string of the molecule is CCOC(=O)C1=C(N)N(c2ccc(OC)cc2)C2=C(C(=O)CCC2)C1c1ccc([N+](=O)[O-])cc1. The molecular formula is C25H25N3O6. The normalized spacial score (nSPS) is 18.0. The van der Waals surface area contributed by atoms with Gasteiger partial charge in [0, 0.05) is 35.5 Å². The van der Waals surface area contributed by atoms with Gasteiger partial charge in [0.15, 0.2) is 5.78 Å². The Morgan fingerprint density at radius 2 is 1.82 bits per heavy atom. The molecule has 2 aliphatic rings. The van der Waals surface area contributed by atoms with E-state index in [1.54, 1.807) is 43.2 Å². The van der Waals surface area contributed by atoms with Crippen molar-refractivity contribution in [1.29, 1.82) is 0 Å². The number of carbonyl (C=O) groups excluding carboxylic acids is 2. The third kappa shape index (κ3) is 4.00. The first-order valence-electron chi connectivity index (χ1n) is 11.0. The molecule has 0 saturated carbocycles. The van der Waals surface area contributed by atoms with Gasteiger partial charge in [0.2, 0.25) is 0 Å². The van der Waals surface area contributed by atoms with Gasteiger partial charge in [-0.25, -0.2) is 4.79 Å². The van der Waals surface area contributed by atoms with Crippen molar-refractivity contribution in [3.8, 4) is 5.75 Å². The Labute approximate surface area is 196 Å². The van der Waals surface area contributed by atoms with E-state index in [0.29, 0.717) is 41.8 Å². The minimum absolute atomic E-state index is 0.0850. The molecule has 1 heterocycles. The zero-order valence-electron chi connectivity index (χ0n) is 18.9. The summed E-state index contributed by atoms with van der Waals surface area (Å²) in [5.41, 5.74) is 9.12. The summed E-state index contributed by atoms with van der Waals surface area (Å²) in [5, 5.41) is 11.1. The zero-order valence-corrected chi connectivity index (χ0v) is 18.9. The maximum atomic E-state index is 13.3. The quantitative estimate of drug-likeness (QED) is 0.388. The summed E-state index contributed by atoms with van der Waals surface area (Å²) >= 11 is 0. The molecule has 0 aromatic heterocycles. The minimum atomic E-state index is -0.780. The van der Waals surface area contributed by atoms with Gasteiger partial charge in [0.25, 0.3) is 5.69 Å². The smallest absolute Gasteiger partial charge is 0.338 e. The number of Topliss-reactive ketones (excluding diaryl/α,β-unsaturated/α-hetero) is 1. The van der Waals surface area contributed by atoms with Crippen molar-refractivity contribution in [1.82, 2.24) is 0 Å². The molecule has 0 amide bonds. The molecule has 1 aliphatic heterocycles. The van der Waals surface area contributed by atoms with Gasteiger partial charge in [0.05, 0.1) is 30.1 Å². The van der Waals surface area contributed by atoms with E-state index < -0.39 is 16.8 Å². The van der Waals surface area contributed by atoms with E-state index >= 15 is 0 Å². The Morgan fingerprint density at radius 1 is 1.15 bits per heavy atom. The van der Waals surface area contributed by atoms with Gasteiger partial charge in [0.1, 0.15) is 11.6 Å². The molecule has 2 aromatic carbocycles. The number of benzene rings is 2. The van der Waals surface area contributed by atoms with Crippen molar-refractivity contribution in [2.75, 3.05) is 18.6 Å². The lowest BCUT2D eigenvalue weighted by atomic mass is 9.75. The van der Waals surface area contributed by atoms with Crippen LogP contribution in [0, 0.1) is 10.1 Å². The fourth-order valence-corrected chi connectivity index (χ4v) is 4.54. The number of esters is 1. The molecule has 0 radical (unpaired) electrons. The summed E-state index contributed by atoms with van der Waals surface area (Å²) in [6.45, 7) is 1.82. The highest BCUT2D eigenvalue weighted by molar-refractivity contribution is 6.05. The average molecular weight is 463 g/mol. The number of allylic oxidation sites excluding steroid dienone is 2. The van der Waals surface area contributed by atoms with Crippen molar-refractivity contribution in [3.05, 3.63) is 86.9 Å².